The number of hydrogen-bond acceptors (Lipinski definition) is 6. The highest BCUT2D eigenvalue weighted by Crippen LogP contribution is 2.36. The van der Waals surface area contributed by atoms with Gasteiger partial charge in [0.25, 0.3) is 0 Å². The van der Waals surface area contributed by atoms with Gasteiger partial charge in [-0.25, -0.2) is 20.4 Å². The Morgan fingerprint density at radius 1 is 0.650 bits per heavy atom. The quantitative estimate of drug-likeness (QED) is 0.503. The molecule has 4 nitrogen and oxygen atoms in total. The molecule has 0 amide bonds. The summed E-state index contributed by atoms with van der Waals surface area (Å²) in [4.78, 5) is 19.3. The highest BCUT2D eigenvalue weighted by atomic mass is 33.1. The molecule has 0 unspecified atom stereocenters. The van der Waals surface area contributed by atoms with Crippen molar-refractivity contribution in [1.82, 2.24) is 0 Å². The molecule has 0 aliphatic rings. The first-order valence-corrected chi connectivity index (χ1v) is 7.45. The molecule has 2 N–H and O–H groups in total. The fourth-order valence-electron chi connectivity index (χ4n) is 1.05. The molecule has 0 aromatic heterocycles. The molecule has 0 atom stereocenters. The minimum absolute atomic E-state index is 0.750. The van der Waals surface area contributed by atoms with E-state index in [-0.39, 0.29) is 0 Å². The van der Waals surface area contributed by atoms with Gasteiger partial charge in [0.05, 0.1) is 0 Å². The van der Waals surface area contributed by atoms with Gasteiger partial charge in [-0.15, -0.1) is 0 Å². The van der Waals surface area contributed by atoms with Crippen LogP contribution in [0.2, 0.25) is 0 Å². The summed E-state index contributed by atoms with van der Waals surface area (Å²) in [6.45, 7) is 0. The Kier molecular flexibility index (Phi) is 11.9. The van der Waals surface area contributed by atoms with Crippen LogP contribution in [0.1, 0.15) is 0 Å². The molecule has 102 valence electrons. The average molecular weight is 304 g/mol. The maximum atomic E-state index is 8.35. The van der Waals surface area contributed by atoms with Crippen molar-refractivity contribution in [2.45, 2.75) is 9.79 Å². The van der Waals surface area contributed by atoms with Crippen molar-refractivity contribution in [3.05, 3.63) is 60.7 Å². The van der Waals surface area contributed by atoms with E-state index >= 15 is 0 Å². The first-order chi connectivity index (χ1) is 9.78. The smallest absolute Gasteiger partial charge is 0.222 e. The van der Waals surface area contributed by atoms with Crippen LogP contribution in [0, 0.1) is 10.8 Å². The van der Waals surface area contributed by atoms with Gasteiger partial charge in [0.1, 0.15) is 0 Å². The minimum Gasteiger partial charge on any atom is -0.222 e. The highest BCUT2D eigenvalue weighted by Gasteiger charge is 1.94. The largest absolute Gasteiger partial charge is 0.231 e. The van der Waals surface area contributed by atoms with E-state index in [1.54, 1.807) is 21.6 Å². The third kappa shape index (κ3) is 9.88. The fraction of sp³-hybridized carbons (Fsp3) is 0. The van der Waals surface area contributed by atoms with E-state index in [2.05, 4.69) is 48.5 Å². The lowest BCUT2D eigenvalue weighted by molar-refractivity contribution is 0.562. The number of nitrogens with one attached hydrogen (secondary N) is 2. The molecule has 2 aromatic rings. The van der Waals surface area contributed by atoms with Gasteiger partial charge >= 0.3 is 0 Å². The molecule has 0 fully saturated rings. The van der Waals surface area contributed by atoms with Crippen LogP contribution in [0.3, 0.4) is 0 Å². The summed E-state index contributed by atoms with van der Waals surface area (Å²) < 4.78 is 0. The molecule has 0 bridgehead atoms. The first kappa shape index (κ1) is 17.9. The average Bonchev–Trinajstić information content (AvgIpc) is 2.49. The van der Waals surface area contributed by atoms with Gasteiger partial charge in [-0.3, -0.25) is 0 Å². The van der Waals surface area contributed by atoms with Gasteiger partial charge in [-0.1, -0.05) is 58.0 Å². The molecule has 0 saturated carbocycles. The maximum Gasteiger partial charge on any atom is 0.231 e. The second-order valence-electron chi connectivity index (χ2n) is 3.00. The Balaban J connectivity index is 0.000000520. The summed E-state index contributed by atoms with van der Waals surface area (Å²) in [6, 6.07) is 20.8. The van der Waals surface area contributed by atoms with Crippen molar-refractivity contribution in [2.24, 2.45) is 0 Å². The summed E-state index contributed by atoms with van der Waals surface area (Å²) in [7, 11) is 3.58. The van der Waals surface area contributed by atoms with E-state index in [0.29, 0.717) is 0 Å². The standard InChI is InChI=1S/C12H10S2.2CHNO/c1-3-7-11(8-4-1)13-14-12-9-5-2-6-10-12;2*2-1-3/h1-10H;2*2H. The summed E-state index contributed by atoms with van der Waals surface area (Å²) in [5.41, 5.74) is 0. The lowest BCUT2D eigenvalue weighted by Crippen LogP contribution is -1.67. The number of isocyanates is 2. The van der Waals surface area contributed by atoms with E-state index in [0.717, 1.165) is 12.2 Å². The molecule has 0 saturated heterocycles. The molecule has 2 aromatic carbocycles. The van der Waals surface area contributed by atoms with Crippen molar-refractivity contribution in [3.63, 3.8) is 0 Å². The molecule has 2 rings (SSSR count). The van der Waals surface area contributed by atoms with Crippen LogP contribution in [0.5, 0.6) is 0 Å². The van der Waals surface area contributed by atoms with Gasteiger partial charge < -0.3 is 0 Å². The van der Waals surface area contributed by atoms with Gasteiger partial charge in [0.15, 0.2) is 0 Å². The Hall–Kier alpha value is -2.10. The van der Waals surface area contributed by atoms with Crippen molar-refractivity contribution >= 4 is 33.7 Å². The number of rotatable bonds is 3. The zero-order valence-corrected chi connectivity index (χ0v) is 12.0. The van der Waals surface area contributed by atoms with Gasteiger partial charge in [-0.05, 0) is 24.3 Å². The van der Waals surface area contributed by atoms with Crippen molar-refractivity contribution in [2.75, 3.05) is 0 Å². The Labute approximate surface area is 125 Å². The lowest BCUT2D eigenvalue weighted by Gasteiger charge is -1.99. The van der Waals surface area contributed by atoms with Crippen LogP contribution in [-0.4, -0.2) is 12.2 Å². The monoisotopic (exact) mass is 304 g/mol. The van der Waals surface area contributed by atoms with E-state index < -0.39 is 0 Å². The van der Waals surface area contributed by atoms with Crippen LogP contribution in [0.15, 0.2) is 70.5 Å². The van der Waals surface area contributed by atoms with Crippen LogP contribution in [0.25, 0.3) is 0 Å². The number of hydrogen-bond donors (Lipinski definition) is 2. The van der Waals surface area contributed by atoms with Crippen LogP contribution >= 0.6 is 21.6 Å². The number of carbonyl (C=O) groups excluding carboxylic acids is 2. The molecule has 6 heteroatoms. The zero-order chi connectivity index (χ0) is 15.1. The fourth-order valence-corrected chi connectivity index (χ4v) is 3.02. The molecule has 0 aliphatic heterocycles. The lowest BCUT2D eigenvalue weighted by atomic mass is 10.4. The van der Waals surface area contributed by atoms with Crippen LogP contribution in [-0.2, 0) is 9.59 Å². The molecule has 0 aliphatic carbocycles. The van der Waals surface area contributed by atoms with Crippen molar-refractivity contribution < 1.29 is 9.59 Å². The summed E-state index contributed by atoms with van der Waals surface area (Å²) in [5.74, 6) is 0. The SMILES string of the molecule is N=C=O.N=C=O.c1ccc(SSc2ccccc2)cc1. The van der Waals surface area contributed by atoms with Gasteiger partial charge in [0.2, 0.25) is 12.2 Å². The molecular weight excluding hydrogens is 292 g/mol. The Morgan fingerprint density at radius 2 is 0.900 bits per heavy atom. The van der Waals surface area contributed by atoms with Crippen LogP contribution in [0.4, 0.5) is 0 Å². The van der Waals surface area contributed by atoms with Gasteiger partial charge in [-0.2, -0.15) is 0 Å². The third-order valence-corrected chi connectivity index (χ3v) is 4.14. The summed E-state index contributed by atoms with van der Waals surface area (Å²) in [5, 5.41) is 10.8. The highest BCUT2D eigenvalue weighted by molar-refractivity contribution is 8.76. The first-order valence-electron chi connectivity index (χ1n) is 5.30. The molecular formula is C14H12N2O2S2. The van der Waals surface area contributed by atoms with E-state index in [1.165, 1.54) is 9.79 Å². The van der Waals surface area contributed by atoms with E-state index in [9.17, 15) is 0 Å². The summed E-state index contributed by atoms with van der Waals surface area (Å²) in [6.07, 6.45) is 1.50. The Bertz CT molecular complexity index is 484. The van der Waals surface area contributed by atoms with Crippen molar-refractivity contribution in [3.8, 4) is 0 Å². The molecule has 20 heavy (non-hydrogen) atoms. The van der Waals surface area contributed by atoms with Gasteiger partial charge in [0, 0.05) is 9.79 Å². The van der Waals surface area contributed by atoms with Crippen molar-refractivity contribution in [1.29, 1.82) is 10.8 Å². The summed E-state index contributed by atoms with van der Waals surface area (Å²) >= 11 is 0. The zero-order valence-electron chi connectivity index (χ0n) is 10.4. The third-order valence-electron chi connectivity index (χ3n) is 1.72. The van der Waals surface area contributed by atoms with E-state index in [1.807, 2.05) is 12.1 Å². The maximum absolute atomic E-state index is 8.35. The minimum atomic E-state index is 0.750. The topological polar surface area (TPSA) is 81.8 Å². The molecule has 0 spiro atoms. The van der Waals surface area contributed by atoms with Crippen LogP contribution < -0.4 is 0 Å². The molecule has 0 heterocycles. The second-order valence-corrected chi connectivity index (χ2v) is 5.27. The Morgan fingerprint density at radius 3 is 1.15 bits per heavy atom. The second kappa shape index (κ2) is 13.3. The predicted octanol–water partition coefficient (Wildman–Crippen LogP) is 4.29. The van der Waals surface area contributed by atoms with E-state index in [4.69, 9.17) is 20.4 Å². The number of benzene rings is 2. The predicted molar refractivity (Wildman–Crippen MR) is 81.4 cm³/mol. The normalized spacial score (nSPS) is 7.80. The molecule has 0 radical (unpaired) electrons.